The van der Waals surface area contributed by atoms with E-state index in [-0.39, 0.29) is 5.11 Å². The summed E-state index contributed by atoms with van der Waals surface area (Å²) in [6.07, 6.45) is -7.43. The van der Waals surface area contributed by atoms with Crippen molar-refractivity contribution in [3.05, 3.63) is 42.5 Å². The van der Waals surface area contributed by atoms with E-state index in [0.717, 1.165) is 16.5 Å². The molecule has 5 atom stereocenters. The first kappa shape index (κ1) is 18.5. The SMILES string of the molecule is NC(=O)[C@H]1O[C@@H](NC(=S)Nc2cccc3ccccc23)[C@H](O)[C@@H](O)[C@@H]1O. The fraction of sp³-hybridized carbons (Fsp3) is 0.294. The third kappa shape index (κ3) is 3.62. The number of amides is 1. The summed E-state index contributed by atoms with van der Waals surface area (Å²) >= 11 is 5.23. The molecule has 138 valence electrons. The topological polar surface area (TPSA) is 137 Å². The quantitative estimate of drug-likeness (QED) is 0.391. The maximum Gasteiger partial charge on any atom is 0.249 e. The van der Waals surface area contributed by atoms with E-state index in [9.17, 15) is 20.1 Å². The number of primary amides is 1. The molecular weight excluding hydrogens is 358 g/mol. The number of thiocarbonyl (C=S) groups is 1. The number of carbonyl (C=O) groups is 1. The Morgan fingerprint density at radius 2 is 1.73 bits per heavy atom. The first-order valence-electron chi connectivity index (χ1n) is 7.92. The molecule has 8 nitrogen and oxygen atoms in total. The summed E-state index contributed by atoms with van der Waals surface area (Å²) in [5.74, 6) is -0.955. The lowest BCUT2D eigenvalue weighted by Gasteiger charge is -2.39. The van der Waals surface area contributed by atoms with Crippen LogP contribution in [0.15, 0.2) is 42.5 Å². The molecule has 1 aliphatic heterocycles. The Hall–Kier alpha value is -2.30. The van der Waals surface area contributed by atoms with Crippen LogP contribution < -0.4 is 16.4 Å². The lowest BCUT2D eigenvalue weighted by molar-refractivity contribution is -0.222. The van der Waals surface area contributed by atoms with Crippen LogP contribution in [0.5, 0.6) is 0 Å². The number of ether oxygens (including phenoxy) is 1. The van der Waals surface area contributed by atoms with Gasteiger partial charge in [0.05, 0.1) is 0 Å². The zero-order chi connectivity index (χ0) is 18.8. The van der Waals surface area contributed by atoms with Crippen LogP contribution in [0.4, 0.5) is 5.69 Å². The molecule has 26 heavy (non-hydrogen) atoms. The Labute approximate surface area is 154 Å². The molecule has 9 heteroatoms. The molecule has 0 saturated carbocycles. The second kappa shape index (κ2) is 7.52. The summed E-state index contributed by atoms with van der Waals surface area (Å²) in [7, 11) is 0. The maximum atomic E-state index is 11.4. The van der Waals surface area contributed by atoms with Crippen molar-refractivity contribution >= 4 is 39.7 Å². The molecule has 1 saturated heterocycles. The van der Waals surface area contributed by atoms with E-state index < -0.39 is 36.6 Å². The van der Waals surface area contributed by atoms with Crippen molar-refractivity contribution in [2.24, 2.45) is 5.73 Å². The molecule has 0 radical (unpaired) electrons. The largest absolute Gasteiger partial charge is 0.387 e. The van der Waals surface area contributed by atoms with Crippen LogP contribution in [0.25, 0.3) is 10.8 Å². The lowest BCUT2D eigenvalue weighted by Crippen LogP contribution is -2.65. The number of fused-ring (bicyclic) bond motifs is 1. The highest BCUT2D eigenvalue weighted by molar-refractivity contribution is 7.80. The lowest BCUT2D eigenvalue weighted by atomic mass is 9.97. The minimum absolute atomic E-state index is 0.109. The Morgan fingerprint density at radius 1 is 1.04 bits per heavy atom. The van der Waals surface area contributed by atoms with Crippen LogP contribution in [0.2, 0.25) is 0 Å². The third-order valence-electron chi connectivity index (χ3n) is 4.21. The van der Waals surface area contributed by atoms with Crippen LogP contribution in [0.1, 0.15) is 0 Å². The van der Waals surface area contributed by atoms with Crippen molar-refractivity contribution in [3.8, 4) is 0 Å². The summed E-state index contributed by atoms with van der Waals surface area (Å²) in [5.41, 5.74) is 5.89. The van der Waals surface area contributed by atoms with Crippen molar-refractivity contribution < 1.29 is 24.9 Å². The Morgan fingerprint density at radius 3 is 2.46 bits per heavy atom. The first-order chi connectivity index (χ1) is 12.4. The van der Waals surface area contributed by atoms with Gasteiger partial charge in [0.1, 0.15) is 18.3 Å². The van der Waals surface area contributed by atoms with E-state index >= 15 is 0 Å². The van der Waals surface area contributed by atoms with Gasteiger partial charge in [0.15, 0.2) is 17.4 Å². The Balaban J connectivity index is 1.73. The molecule has 3 rings (SSSR count). The number of carbonyl (C=O) groups excluding carboxylic acids is 1. The van der Waals surface area contributed by atoms with Gasteiger partial charge in [0.2, 0.25) is 5.91 Å². The van der Waals surface area contributed by atoms with Crippen LogP contribution in [-0.2, 0) is 9.53 Å². The smallest absolute Gasteiger partial charge is 0.249 e. The molecule has 0 aliphatic carbocycles. The van der Waals surface area contributed by atoms with Crippen LogP contribution in [0.3, 0.4) is 0 Å². The minimum Gasteiger partial charge on any atom is -0.387 e. The van der Waals surface area contributed by atoms with E-state index in [1.165, 1.54) is 0 Å². The standard InChI is InChI=1S/C17H19N3O5S/c18-15(24)14-12(22)11(21)13(23)16(25-14)20-17(26)19-10-7-3-5-8-4-1-2-6-9(8)10/h1-7,11-14,16,21-23H,(H2,18,24)(H2,19,20,26)/t11-,12-,13+,14-,16+/m0/s1. The normalized spacial score (nSPS) is 28.5. The molecular formula is C17H19N3O5S. The number of nitrogens with two attached hydrogens (primary N) is 1. The van der Waals surface area contributed by atoms with Gasteiger partial charge in [-0.15, -0.1) is 0 Å². The second-order valence-electron chi connectivity index (χ2n) is 5.98. The Bertz CT molecular complexity index is 828. The fourth-order valence-electron chi connectivity index (χ4n) is 2.86. The van der Waals surface area contributed by atoms with Crippen molar-refractivity contribution in [1.29, 1.82) is 0 Å². The van der Waals surface area contributed by atoms with E-state index in [1.807, 2.05) is 42.5 Å². The van der Waals surface area contributed by atoms with Gasteiger partial charge in [0.25, 0.3) is 0 Å². The molecule has 0 aromatic heterocycles. The van der Waals surface area contributed by atoms with Crippen LogP contribution in [0, 0.1) is 0 Å². The van der Waals surface area contributed by atoms with Crippen LogP contribution in [-0.4, -0.2) is 57.0 Å². The molecule has 2 aromatic carbocycles. The molecule has 7 N–H and O–H groups in total. The van der Waals surface area contributed by atoms with Crippen LogP contribution >= 0.6 is 12.2 Å². The monoisotopic (exact) mass is 377 g/mol. The zero-order valence-electron chi connectivity index (χ0n) is 13.6. The van der Waals surface area contributed by atoms with Crippen molar-refractivity contribution in [1.82, 2.24) is 5.32 Å². The number of anilines is 1. The second-order valence-corrected chi connectivity index (χ2v) is 6.38. The van der Waals surface area contributed by atoms with E-state index in [1.54, 1.807) is 0 Å². The maximum absolute atomic E-state index is 11.4. The highest BCUT2D eigenvalue weighted by Gasteiger charge is 2.46. The summed E-state index contributed by atoms with van der Waals surface area (Å²) in [6, 6.07) is 13.4. The number of benzene rings is 2. The van der Waals surface area contributed by atoms with Gasteiger partial charge in [-0.1, -0.05) is 36.4 Å². The van der Waals surface area contributed by atoms with Crippen molar-refractivity contribution in [2.45, 2.75) is 30.6 Å². The Kier molecular flexibility index (Phi) is 5.35. The van der Waals surface area contributed by atoms with Gasteiger partial charge >= 0.3 is 0 Å². The number of nitrogens with one attached hydrogen (secondary N) is 2. The highest BCUT2D eigenvalue weighted by Crippen LogP contribution is 2.23. The molecule has 1 fully saturated rings. The van der Waals surface area contributed by atoms with Gasteiger partial charge in [-0.2, -0.15) is 0 Å². The molecule has 1 amide bonds. The number of aliphatic hydroxyl groups excluding tert-OH is 3. The van der Waals surface area contributed by atoms with E-state index in [0.29, 0.717) is 0 Å². The highest BCUT2D eigenvalue weighted by atomic mass is 32.1. The summed E-state index contributed by atoms with van der Waals surface area (Å²) in [6.45, 7) is 0. The fourth-order valence-corrected chi connectivity index (χ4v) is 3.08. The van der Waals surface area contributed by atoms with Gasteiger partial charge in [0, 0.05) is 11.1 Å². The number of aliphatic hydroxyl groups is 3. The first-order valence-corrected chi connectivity index (χ1v) is 8.33. The number of hydrogen-bond donors (Lipinski definition) is 6. The summed E-state index contributed by atoms with van der Waals surface area (Å²) in [5, 5.41) is 37.5. The molecule has 0 spiro atoms. The zero-order valence-corrected chi connectivity index (χ0v) is 14.4. The molecule has 1 heterocycles. The van der Waals surface area contributed by atoms with Crippen molar-refractivity contribution in [3.63, 3.8) is 0 Å². The molecule has 0 unspecified atom stereocenters. The summed E-state index contributed by atoms with van der Waals surface area (Å²) in [4.78, 5) is 11.4. The molecule has 2 aromatic rings. The number of hydrogen-bond acceptors (Lipinski definition) is 6. The number of rotatable bonds is 3. The average Bonchev–Trinajstić information content (AvgIpc) is 2.62. The predicted octanol–water partition coefficient (Wildman–Crippen LogP) is -0.581. The minimum atomic E-state index is -1.62. The molecule has 0 bridgehead atoms. The van der Waals surface area contributed by atoms with E-state index in [2.05, 4.69) is 10.6 Å². The predicted molar refractivity (Wildman–Crippen MR) is 99.2 cm³/mol. The van der Waals surface area contributed by atoms with Gasteiger partial charge in [-0.3, -0.25) is 4.79 Å². The molecule has 1 aliphatic rings. The summed E-state index contributed by atoms with van der Waals surface area (Å²) < 4.78 is 5.27. The van der Waals surface area contributed by atoms with Crippen molar-refractivity contribution in [2.75, 3.05) is 5.32 Å². The van der Waals surface area contributed by atoms with Gasteiger partial charge in [-0.05, 0) is 23.7 Å². The van der Waals surface area contributed by atoms with Gasteiger partial charge in [-0.25, -0.2) is 0 Å². The van der Waals surface area contributed by atoms with Gasteiger partial charge < -0.3 is 36.4 Å². The third-order valence-corrected chi connectivity index (χ3v) is 4.42. The van der Waals surface area contributed by atoms with E-state index in [4.69, 9.17) is 22.7 Å². The average molecular weight is 377 g/mol.